The molecule has 2 aromatic rings. The number of rotatable bonds is 4. The van der Waals surface area contributed by atoms with Crippen LogP contribution in [0.1, 0.15) is 11.3 Å². The van der Waals surface area contributed by atoms with Crippen LogP contribution < -0.4 is 14.8 Å². The summed E-state index contributed by atoms with van der Waals surface area (Å²) in [5.74, 6) is 1.33. The normalized spacial score (nSPS) is 12.4. The Morgan fingerprint density at radius 3 is 3.05 bits per heavy atom. The van der Waals surface area contributed by atoms with Crippen LogP contribution in [0, 0.1) is 6.92 Å². The van der Waals surface area contributed by atoms with Gasteiger partial charge in [0.1, 0.15) is 6.54 Å². The zero-order valence-electron chi connectivity index (χ0n) is 11.0. The number of aryl methyl sites for hydroxylation is 1. The van der Waals surface area contributed by atoms with Crippen molar-refractivity contribution >= 4 is 5.91 Å². The lowest BCUT2D eigenvalue weighted by Gasteiger charge is -2.07. The van der Waals surface area contributed by atoms with Gasteiger partial charge in [0.25, 0.3) is 0 Å². The maximum atomic E-state index is 11.8. The Morgan fingerprint density at radius 1 is 1.40 bits per heavy atom. The third-order valence-corrected chi connectivity index (χ3v) is 3.03. The molecule has 20 heavy (non-hydrogen) atoms. The van der Waals surface area contributed by atoms with Gasteiger partial charge in [-0.15, -0.1) is 5.10 Å². The predicted octanol–water partition coefficient (Wildman–Crippen LogP) is 0.632. The zero-order chi connectivity index (χ0) is 13.9. The van der Waals surface area contributed by atoms with E-state index in [1.807, 2.05) is 25.1 Å². The Balaban J connectivity index is 1.57. The molecule has 1 aromatic carbocycles. The van der Waals surface area contributed by atoms with Gasteiger partial charge in [-0.25, -0.2) is 4.68 Å². The van der Waals surface area contributed by atoms with Crippen molar-refractivity contribution in [2.75, 3.05) is 6.79 Å². The van der Waals surface area contributed by atoms with Crippen LogP contribution in [0.25, 0.3) is 0 Å². The Hall–Kier alpha value is -2.57. The topological polar surface area (TPSA) is 78.3 Å². The molecule has 7 heteroatoms. The summed E-state index contributed by atoms with van der Waals surface area (Å²) < 4.78 is 12.1. The zero-order valence-corrected chi connectivity index (χ0v) is 11.0. The van der Waals surface area contributed by atoms with Gasteiger partial charge in [0.2, 0.25) is 12.7 Å². The van der Waals surface area contributed by atoms with Gasteiger partial charge in [-0.05, 0) is 24.6 Å². The fourth-order valence-corrected chi connectivity index (χ4v) is 1.91. The van der Waals surface area contributed by atoms with E-state index in [2.05, 4.69) is 15.6 Å². The van der Waals surface area contributed by atoms with Gasteiger partial charge in [0, 0.05) is 6.54 Å². The van der Waals surface area contributed by atoms with E-state index in [0.717, 1.165) is 17.0 Å². The summed E-state index contributed by atoms with van der Waals surface area (Å²) in [6.45, 7) is 2.70. The minimum atomic E-state index is -0.115. The van der Waals surface area contributed by atoms with Gasteiger partial charge in [0.15, 0.2) is 11.5 Å². The lowest BCUT2D eigenvalue weighted by Crippen LogP contribution is -2.27. The summed E-state index contributed by atoms with van der Waals surface area (Å²) >= 11 is 0. The summed E-state index contributed by atoms with van der Waals surface area (Å²) in [4.78, 5) is 11.8. The van der Waals surface area contributed by atoms with Crippen LogP contribution in [0.4, 0.5) is 0 Å². The SMILES string of the molecule is Cc1cnnn1CC(=O)NCc1ccc2c(c1)OCO2. The van der Waals surface area contributed by atoms with Gasteiger partial charge in [-0.3, -0.25) is 4.79 Å². The summed E-state index contributed by atoms with van der Waals surface area (Å²) in [6.07, 6.45) is 1.62. The van der Waals surface area contributed by atoms with E-state index in [1.165, 1.54) is 0 Å². The Bertz CT molecular complexity index is 638. The number of carbonyl (C=O) groups is 1. The maximum Gasteiger partial charge on any atom is 0.242 e. The molecule has 0 unspecified atom stereocenters. The number of benzene rings is 1. The smallest absolute Gasteiger partial charge is 0.242 e. The number of carbonyl (C=O) groups excluding carboxylic acids is 1. The molecule has 1 N–H and O–H groups in total. The second kappa shape index (κ2) is 5.20. The average molecular weight is 274 g/mol. The molecule has 0 radical (unpaired) electrons. The Morgan fingerprint density at radius 2 is 2.25 bits per heavy atom. The largest absolute Gasteiger partial charge is 0.454 e. The summed E-state index contributed by atoms with van der Waals surface area (Å²) in [5.41, 5.74) is 1.81. The minimum absolute atomic E-state index is 0.115. The Kier molecular flexibility index (Phi) is 3.24. The first-order chi connectivity index (χ1) is 9.72. The highest BCUT2D eigenvalue weighted by Gasteiger charge is 2.13. The number of amides is 1. The molecule has 104 valence electrons. The molecule has 7 nitrogen and oxygen atoms in total. The van der Waals surface area contributed by atoms with Crippen molar-refractivity contribution in [3.8, 4) is 11.5 Å². The van der Waals surface area contributed by atoms with Gasteiger partial charge in [-0.1, -0.05) is 11.3 Å². The number of nitrogens with zero attached hydrogens (tertiary/aromatic N) is 3. The maximum absolute atomic E-state index is 11.8. The van der Waals surface area contributed by atoms with E-state index >= 15 is 0 Å². The number of nitrogens with one attached hydrogen (secondary N) is 1. The van der Waals surface area contributed by atoms with Gasteiger partial charge >= 0.3 is 0 Å². The van der Waals surface area contributed by atoms with Crippen LogP contribution in [0.15, 0.2) is 24.4 Å². The van der Waals surface area contributed by atoms with E-state index in [-0.39, 0.29) is 19.2 Å². The highest BCUT2D eigenvalue weighted by Crippen LogP contribution is 2.32. The molecule has 0 fully saturated rings. The predicted molar refractivity (Wildman–Crippen MR) is 69.2 cm³/mol. The summed E-state index contributed by atoms with van der Waals surface area (Å²) in [7, 11) is 0. The average Bonchev–Trinajstić information content (AvgIpc) is 3.05. The fraction of sp³-hybridized carbons (Fsp3) is 0.308. The van der Waals surface area contributed by atoms with Crippen LogP contribution in [-0.4, -0.2) is 27.7 Å². The van der Waals surface area contributed by atoms with Crippen LogP contribution in [0.3, 0.4) is 0 Å². The monoisotopic (exact) mass is 274 g/mol. The molecule has 1 aliphatic heterocycles. The number of hydrogen-bond donors (Lipinski definition) is 1. The van der Waals surface area contributed by atoms with Crippen molar-refractivity contribution in [1.29, 1.82) is 0 Å². The van der Waals surface area contributed by atoms with Crippen LogP contribution in [0.5, 0.6) is 11.5 Å². The van der Waals surface area contributed by atoms with Crippen molar-refractivity contribution in [3.05, 3.63) is 35.7 Å². The summed E-state index contributed by atoms with van der Waals surface area (Å²) in [5, 5.41) is 10.4. The van der Waals surface area contributed by atoms with Gasteiger partial charge in [-0.2, -0.15) is 0 Å². The van der Waals surface area contributed by atoms with Crippen molar-refractivity contribution in [2.24, 2.45) is 0 Å². The van der Waals surface area contributed by atoms with Crippen LogP contribution in [-0.2, 0) is 17.9 Å². The van der Waals surface area contributed by atoms with Crippen molar-refractivity contribution in [1.82, 2.24) is 20.3 Å². The van der Waals surface area contributed by atoms with E-state index in [9.17, 15) is 4.79 Å². The standard InChI is InChI=1S/C13H14N4O3/c1-9-5-15-16-17(9)7-13(18)14-6-10-2-3-11-12(4-10)20-8-19-11/h2-5H,6-8H2,1H3,(H,14,18). The molecule has 0 saturated carbocycles. The molecular formula is C13H14N4O3. The first-order valence-corrected chi connectivity index (χ1v) is 6.23. The van der Waals surface area contributed by atoms with E-state index in [4.69, 9.17) is 9.47 Å². The summed E-state index contributed by atoms with van der Waals surface area (Å²) in [6, 6.07) is 5.60. The molecule has 1 aliphatic rings. The molecule has 0 atom stereocenters. The first kappa shape index (κ1) is 12.5. The van der Waals surface area contributed by atoms with Crippen LogP contribution in [0.2, 0.25) is 0 Å². The van der Waals surface area contributed by atoms with Crippen molar-refractivity contribution in [2.45, 2.75) is 20.0 Å². The molecule has 0 bridgehead atoms. The number of fused-ring (bicyclic) bond motifs is 1. The van der Waals surface area contributed by atoms with E-state index in [1.54, 1.807) is 10.9 Å². The van der Waals surface area contributed by atoms with Gasteiger partial charge in [0.05, 0.1) is 11.9 Å². The molecular weight excluding hydrogens is 260 g/mol. The van der Waals surface area contributed by atoms with E-state index < -0.39 is 0 Å². The first-order valence-electron chi connectivity index (χ1n) is 6.23. The third kappa shape index (κ3) is 2.56. The fourth-order valence-electron chi connectivity index (χ4n) is 1.91. The highest BCUT2D eigenvalue weighted by molar-refractivity contribution is 5.75. The quantitative estimate of drug-likeness (QED) is 0.884. The Labute approximate surface area is 115 Å². The molecule has 0 aliphatic carbocycles. The molecule has 3 rings (SSSR count). The van der Waals surface area contributed by atoms with E-state index in [0.29, 0.717) is 12.3 Å². The lowest BCUT2D eigenvalue weighted by atomic mass is 10.2. The van der Waals surface area contributed by atoms with Crippen LogP contribution >= 0.6 is 0 Å². The highest BCUT2D eigenvalue weighted by atomic mass is 16.7. The molecule has 1 aromatic heterocycles. The molecule has 1 amide bonds. The number of ether oxygens (including phenoxy) is 2. The number of hydrogen-bond acceptors (Lipinski definition) is 5. The lowest BCUT2D eigenvalue weighted by molar-refractivity contribution is -0.122. The molecule has 2 heterocycles. The molecule has 0 spiro atoms. The second-order valence-corrected chi connectivity index (χ2v) is 4.50. The second-order valence-electron chi connectivity index (χ2n) is 4.50. The van der Waals surface area contributed by atoms with Crippen molar-refractivity contribution < 1.29 is 14.3 Å². The van der Waals surface area contributed by atoms with Gasteiger partial charge < -0.3 is 14.8 Å². The van der Waals surface area contributed by atoms with Crippen molar-refractivity contribution in [3.63, 3.8) is 0 Å². The number of aromatic nitrogens is 3. The molecule has 0 saturated heterocycles. The third-order valence-electron chi connectivity index (χ3n) is 3.03. The minimum Gasteiger partial charge on any atom is -0.454 e.